The quantitative estimate of drug-likeness (QED) is 0.153. The maximum Gasteiger partial charge on any atom is 0.258 e. The van der Waals surface area contributed by atoms with Gasteiger partial charge in [-0.3, -0.25) is 4.79 Å². The lowest BCUT2D eigenvalue weighted by Gasteiger charge is -2.42. The van der Waals surface area contributed by atoms with Crippen molar-refractivity contribution in [3.05, 3.63) is 119 Å². The Morgan fingerprint density at radius 1 is 1.00 bits per heavy atom. The van der Waals surface area contributed by atoms with Crippen molar-refractivity contribution in [1.82, 2.24) is 4.72 Å². The van der Waals surface area contributed by atoms with Crippen LogP contribution >= 0.6 is 22.9 Å². The molecule has 2 atom stereocenters. The lowest BCUT2D eigenvalue weighted by molar-refractivity contribution is -0.0603. The maximum absolute atomic E-state index is 14.1. The van der Waals surface area contributed by atoms with E-state index in [9.17, 15) is 18.3 Å². The second kappa shape index (κ2) is 12.7. The number of aliphatic hydroxyl groups excluding tert-OH is 1. The Morgan fingerprint density at radius 2 is 1.70 bits per heavy atom. The molecule has 0 fully saturated rings. The van der Waals surface area contributed by atoms with Crippen LogP contribution in [0.1, 0.15) is 41.4 Å². The SMILES string of the molecule is Cc1c(S(=O)(=O)NC2c3cc(C(=O)N(CCNc4ccccc4)c4ccccc4)ccc3OC(C)(C)C2O)sc2ccc(Cl)cc12. The highest BCUT2D eigenvalue weighted by atomic mass is 35.5. The molecule has 8 nitrogen and oxygen atoms in total. The van der Waals surface area contributed by atoms with E-state index in [1.54, 1.807) is 62.1 Å². The van der Waals surface area contributed by atoms with Crippen LogP contribution in [0.2, 0.25) is 5.02 Å². The van der Waals surface area contributed by atoms with Crippen molar-refractivity contribution in [2.75, 3.05) is 23.3 Å². The zero-order chi connectivity index (χ0) is 32.6. The van der Waals surface area contributed by atoms with Crippen molar-refractivity contribution in [1.29, 1.82) is 0 Å². The summed E-state index contributed by atoms with van der Waals surface area (Å²) in [5.74, 6) is 0.110. The van der Waals surface area contributed by atoms with Crippen molar-refractivity contribution < 1.29 is 23.1 Å². The molecule has 0 aliphatic carbocycles. The van der Waals surface area contributed by atoms with Crippen LogP contribution in [0, 0.1) is 6.92 Å². The Labute approximate surface area is 277 Å². The van der Waals surface area contributed by atoms with Gasteiger partial charge in [0, 0.05) is 45.3 Å². The number of para-hydroxylation sites is 2. The Morgan fingerprint density at radius 3 is 2.41 bits per heavy atom. The monoisotopic (exact) mass is 675 g/mol. The Kier molecular flexibility index (Phi) is 8.84. The molecule has 11 heteroatoms. The number of anilines is 2. The number of benzene rings is 4. The molecule has 0 saturated heterocycles. The van der Waals surface area contributed by atoms with E-state index < -0.39 is 27.8 Å². The highest BCUT2D eigenvalue weighted by Gasteiger charge is 2.45. The van der Waals surface area contributed by atoms with Gasteiger partial charge in [-0.2, -0.15) is 0 Å². The number of carbonyl (C=O) groups excluding carboxylic acids is 1. The first kappa shape index (κ1) is 32.0. The second-order valence-corrected chi connectivity index (χ2v) is 15.1. The van der Waals surface area contributed by atoms with Crippen LogP contribution in [0.15, 0.2) is 101 Å². The average molecular weight is 676 g/mol. The molecule has 1 aliphatic heterocycles. The minimum absolute atomic E-state index is 0.135. The van der Waals surface area contributed by atoms with Crippen molar-refractivity contribution in [2.45, 2.75) is 42.7 Å². The molecule has 4 aromatic carbocycles. The molecular formula is C35H34ClN3O5S2. The molecule has 5 aromatic rings. The number of carbonyl (C=O) groups is 1. The molecule has 6 rings (SSSR count). The average Bonchev–Trinajstić information content (AvgIpc) is 3.38. The van der Waals surface area contributed by atoms with Gasteiger partial charge in [-0.05, 0) is 92.4 Å². The zero-order valence-electron chi connectivity index (χ0n) is 25.5. The Hall–Kier alpha value is -3.93. The standard InChI is InChI=1S/C35H34ClN3O5S2/c1-22-27-21-24(36)15-17-30(27)45-34(22)46(42,43)38-31-28-20-23(14-16-29(28)44-35(2,3)32(31)40)33(41)39(26-12-8-5-9-13-26)19-18-37-25-10-6-4-7-11-25/h4-17,20-21,31-32,37-38,40H,18-19H2,1-3H3. The van der Waals surface area contributed by atoms with E-state index in [0.717, 1.165) is 32.8 Å². The van der Waals surface area contributed by atoms with Crippen LogP contribution in [0.4, 0.5) is 11.4 Å². The molecule has 46 heavy (non-hydrogen) atoms. The molecule has 238 valence electrons. The second-order valence-electron chi connectivity index (χ2n) is 11.7. The highest BCUT2D eigenvalue weighted by molar-refractivity contribution is 7.91. The molecule has 0 radical (unpaired) electrons. The van der Waals surface area contributed by atoms with Crippen LogP contribution in [0.5, 0.6) is 5.75 Å². The van der Waals surface area contributed by atoms with Crippen LogP contribution in [0.25, 0.3) is 10.1 Å². The van der Waals surface area contributed by atoms with Gasteiger partial charge in [-0.25, -0.2) is 13.1 Å². The van der Waals surface area contributed by atoms with Crippen LogP contribution in [-0.4, -0.2) is 44.2 Å². The van der Waals surface area contributed by atoms with Gasteiger partial charge in [0.1, 0.15) is 21.7 Å². The first-order valence-corrected chi connectivity index (χ1v) is 17.5. The number of halogens is 1. The lowest BCUT2D eigenvalue weighted by Crippen LogP contribution is -2.53. The van der Waals surface area contributed by atoms with E-state index in [1.807, 2.05) is 60.7 Å². The van der Waals surface area contributed by atoms with E-state index in [1.165, 1.54) is 0 Å². The van der Waals surface area contributed by atoms with Crippen molar-refractivity contribution in [3.8, 4) is 5.75 Å². The van der Waals surface area contributed by atoms with E-state index in [-0.39, 0.29) is 10.1 Å². The van der Waals surface area contributed by atoms with E-state index in [2.05, 4.69) is 10.0 Å². The van der Waals surface area contributed by atoms with Crippen LogP contribution in [0.3, 0.4) is 0 Å². The van der Waals surface area contributed by atoms with Gasteiger partial charge in [-0.1, -0.05) is 48.0 Å². The van der Waals surface area contributed by atoms with Gasteiger partial charge in [0.15, 0.2) is 0 Å². The first-order valence-electron chi connectivity index (χ1n) is 14.8. The molecule has 1 aliphatic rings. The molecule has 0 spiro atoms. The summed E-state index contributed by atoms with van der Waals surface area (Å²) in [6.07, 6.45) is -1.26. The molecular weight excluding hydrogens is 642 g/mol. The summed E-state index contributed by atoms with van der Waals surface area (Å²) in [6.45, 7) is 6.00. The van der Waals surface area contributed by atoms with Gasteiger partial charge < -0.3 is 20.1 Å². The molecule has 0 bridgehead atoms. The minimum Gasteiger partial charge on any atom is -0.485 e. The highest BCUT2D eigenvalue weighted by Crippen LogP contribution is 2.42. The molecule has 0 saturated carbocycles. The number of nitrogens with zero attached hydrogens (tertiary/aromatic N) is 1. The normalized spacial score (nSPS) is 17.2. The third-order valence-electron chi connectivity index (χ3n) is 8.12. The number of hydrogen-bond acceptors (Lipinski definition) is 7. The van der Waals surface area contributed by atoms with E-state index in [4.69, 9.17) is 16.3 Å². The van der Waals surface area contributed by atoms with Crippen molar-refractivity contribution >= 4 is 60.3 Å². The predicted octanol–water partition coefficient (Wildman–Crippen LogP) is 7.17. The fourth-order valence-corrected chi connectivity index (χ4v) is 8.84. The summed E-state index contributed by atoms with van der Waals surface area (Å²) in [7, 11) is -4.12. The summed E-state index contributed by atoms with van der Waals surface area (Å²) in [5.41, 5.74) is 1.82. The number of nitrogens with one attached hydrogen (secondary N) is 2. The maximum atomic E-state index is 14.1. The van der Waals surface area contributed by atoms with Crippen molar-refractivity contribution in [2.24, 2.45) is 0 Å². The summed E-state index contributed by atoms with van der Waals surface area (Å²) in [4.78, 5) is 15.8. The number of fused-ring (bicyclic) bond motifs is 2. The number of amides is 1. The number of sulfonamides is 1. The fraction of sp³-hybridized carbons (Fsp3) is 0.229. The Balaban J connectivity index is 1.34. The van der Waals surface area contributed by atoms with Gasteiger partial charge in [0.2, 0.25) is 0 Å². The zero-order valence-corrected chi connectivity index (χ0v) is 27.9. The van der Waals surface area contributed by atoms with Gasteiger partial charge in [0.05, 0.1) is 6.04 Å². The largest absolute Gasteiger partial charge is 0.485 e. The molecule has 2 unspecified atom stereocenters. The van der Waals surface area contributed by atoms with E-state index >= 15 is 0 Å². The lowest BCUT2D eigenvalue weighted by atomic mass is 9.86. The van der Waals surface area contributed by atoms with E-state index in [0.29, 0.717) is 40.6 Å². The van der Waals surface area contributed by atoms with Gasteiger partial charge >= 0.3 is 0 Å². The van der Waals surface area contributed by atoms with Gasteiger partial charge in [-0.15, -0.1) is 11.3 Å². The minimum atomic E-state index is -4.12. The molecule has 2 heterocycles. The summed E-state index contributed by atoms with van der Waals surface area (Å²) < 4.78 is 37.6. The number of thiophene rings is 1. The molecule has 1 amide bonds. The number of hydrogen-bond donors (Lipinski definition) is 3. The van der Waals surface area contributed by atoms with Crippen LogP contribution in [-0.2, 0) is 10.0 Å². The predicted molar refractivity (Wildman–Crippen MR) is 185 cm³/mol. The molecule has 3 N–H and O–H groups in total. The molecule has 1 aromatic heterocycles. The third-order valence-corrected chi connectivity index (χ3v) is 11.7. The van der Waals surface area contributed by atoms with Gasteiger partial charge in [0.25, 0.3) is 15.9 Å². The smallest absolute Gasteiger partial charge is 0.258 e. The van der Waals surface area contributed by atoms with Crippen molar-refractivity contribution in [3.63, 3.8) is 0 Å². The summed E-state index contributed by atoms with van der Waals surface area (Å²) >= 11 is 7.33. The fourth-order valence-electron chi connectivity index (χ4n) is 5.69. The number of aryl methyl sites for hydroxylation is 1. The number of ether oxygens (including phenoxy) is 1. The number of rotatable bonds is 9. The Bertz CT molecular complexity index is 2000. The third kappa shape index (κ3) is 6.36. The number of aliphatic hydroxyl groups is 1. The van der Waals surface area contributed by atoms with Crippen LogP contribution < -0.4 is 19.7 Å². The summed E-state index contributed by atoms with van der Waals surface area (Å²) in [6, 6.07) is 28.2. The topological polar surface area (TPSA) is 108 Å². The first-order chi connectivity index (χ1) is 21.9. The summed E-state index contributed by atoms with van der Waals surface area (Å²) in [5, 5.41) is 16.1.